The van der Waals surface area contributed by atoms with Crippen LogP contribution in [0.5, 0.6) is 5.75 Å². The van der Waals surface area contributed by atoms with Gasteiger partial charge in [0.05, 0.1) is 11.4 Å². The van der Waals surface area contributed by atoms with E-state index in [9.17, 15) is 19.2 Å². The smallest absolute Gasteiger partial charge is 0.288 e. The maximum Gasteiger partial charge on any atom is 0.288 e. The Balaban J connectivity index is 1.50. The number of imide groups is 1. The summed E-state index contributed by atoms with van der Waals surface area (Å²) in [5.41, 5.74) is 1.66. The van der Waals surface area contributed by atoms with Gasteiger partial charge in [-0.15, -0.1) is 0 Å². The molecule has 1 fully saturated rings. The average molecular weight is 377 g/mol. The van der Waals surface area contributed by atoms with Gasteiger partial charge in [0.2, 0.25) is 11.8 Å². The molecule has 0 saturated carbocycles. The molecule has 1 saturated heterocycles. The molecule has 0 bridgehead atoms. The number of carbonyl (C=O) groups is 4. The zero-order chi connectivity index (χ0) is 18.7. The summed E-state index contributed by atoms with van der Waals surface area (Å²) in [4.78, 5) is 49.8. The standard InChI is InChI=1S/C17H19N3O5S/c1-11-2-3-13-12(8-11)19(15(22)9-25-13)6-4-14(21)18-5-7-20-16(23)10-26-17(20)24/h2-3,8H,4-7,9-10H2,1H3,(H,18,21). The second-order valence-corrected chi connectivity index (χ2v) is 6.93. The summed E-state index contributed by atoms with van der Waals surface area (Å²) in [5, 5.41) is 2.39. The normalized spacial score (nSPS) is 16.6. The lowest BCUT2D eigenvalue weighted by molar-refractivity contribution is -0.126. The van der Waals surface area contributed by atoms with Crippen LogP contribution < -0.4 is 15.0 Å². The van der Waals surface area contributed by atoms with E-state index in [0.717, 1.165) is 22.2 Å². The molecule has 2 aliphatic heterocycles. The Labute approximate surface area is 154 Å². The van der Waals surface area contributed by atoms with Crippen LogP contribution in [0.15, 0.2) is 18.2 Å². The highest BCUT2D eigenvalue weighted by molar-refractivity contribution is 8.14. The molecule has 0 aromatic heterocycles. The maximum atomic E-state index is 12.1. The van der Waals surface area contributed by atoms with Crippen LogP contribution in [-0.2, 0) is 14.4 Å². The number of hydrogen-bond acceptors (Lipinski definition) is 6. The van der Waals surface area contributed by atoms with Crippen molar-refractivity contribution in [3.05, 3.63) is 23.8 Å². The lowest BCUT2D eigenvalue weighted by Gasteiger charge is -2.29. The van der Waals surface area contributed by atoms with Gasteiger partial charge in [0.15, 0.2) is 6.61 Å². The van der Waals surface area contributed by atoms with Gasteiger partial charge in [-0.2, -0.15) is 0 Å². The number of ether oxygens (including phenoxy) is 1. The summed E-state index contributed by atoms with van der Waals surface area (Å²) in [7, 11) is 0. The minimum atomic E-state index is -0.282. The fraction of sp³-hybridized carbons (Fsp3) is 0.412. The van der Waals surface area contributed by atoms with Crippen molar-refractivity contribution in [2.45, 2.75) is 13.3 Å². The highest BCUT2D eigenvalue weighted by Gasteiger charge is 2.29. The summed E-state index contributed by atoms with van der Waals surface area (Å²) < 4.78 is 5.41. The van der Waals surface area contributed by atoms with Crippen LogP contribution in [0.3, 0.4) is 0 Å². The minimum Gasteiger partial charge on any atom is -0.482 e. The van der Waals surface area contributed by atoms with E-state index >= 15 is 0 Å². The third-order valence-electron chi connectivity index (χ3n) is 4.12. The van der Waals surface area contributed by atoms with E-state index < -0.39 is 0 Å². The zero-order valence-corrected chi connectivity index (χ0v) is 15.1. The number of anilines is 1. The molecule has 0 atom stereocenters. The van der Waals surface area contributed by atoms with E-state index in [1.165, 1.54) is 0 Å². The Morgan fingerprint density at radius 1 is 1.19 bits per heavy atom. The molecular weight excluding hydrogens is 358 g/mol. The predicted octanol–water partition coefficient (Wildman–Crippen LogP) is 0.922. The monoisotopic (exact) mass is 377 g/mol. The number of nitrogens with zero attached hydrogens (tertiary/aromatic N) is 2. The van der Waals surface area contributed by atoms with Crippen molar-refractivity contribution in [3.8, 4) is 5.75 Å². The van der Waals surface area contributed by atoms with Crippen molar-refractivity contribution in [2.75, 3.05) is 36.9 Å². The number of amides is 4. The van der Waals surface area contributed by atoms with Gasteiger partial charge in [-0.3, -0.25) is 24.1 Å². The highest BCUT2D eigenvalue weighted by Crippen LogP contribution is 2.32. The van der Waals surface area contributed by atoms with E-state index in [0.29, 0.717) is 11.4 Å². The number of rotatable bonds is 6. The third kappa shape index (κ3) is 3.98. The summed E-state index contributed by atoms with van der Waals surface area (Å²) in [5.74, 6) is 0.107. The van der Waals surface area contributed by atoms with E-state index in [4.69, 9.17) is 4.74 Å². The van der Waals surface area contributed by atoms with Crippen molar-refractivity contribution in [3.63, 3.8) is 0 Å². The van der Waals surface area contributed by atoms with Crippen LogP contribution in [-0.4, -0.2) is 59.9 Å². The molecule has 0 radical (unpaired) electrons. The molecule has 1 N–H and O–H groups in total. The molecular formula is C17H19N3O5S. The van der Waals surface area contributed by atoms with Gasteiger partial charge in [-0.25, -0.2) is 0 Å². The Morgan fingerprint density at radius 3 is 2.73 bits per heavy atom. The first kappa shape index (κ1) is 18.2. The van der Waals surface area contributed by atoms with Gasteiger partial charge in [0.1, 0.15) is 5.75 Å². The fourth-order valence-electron chi connectivity index (χ4n) is 2.76. The number of carbonyl (C=O) groups excluding carboxylic acids is 4. The van der Waals surface area contributed by atoms with Crippen LogP contribution in [0.1, 0.15) is 12.0 Å². The molecule has 2 aliphatic rings. The molecule has 0 spiro atoms. The molecule has 3 rings (SSSR count). The number of fused-ring (bicyclic) bond motifs is 1. The van der Waals surface area contributed by atoms with Crippen molar-refractivity contribution >= 4 is 40.4 Å². The van der Waals surface area contributed by atoms with E-state index in [-0.39, 0.29) is 61.4 Å². The second kappa shape index (κ2) is 7.77. The number of benzene rings is 1. The van der Waals surface area contributed by atoms with Gasteiger partial charge < -0.3 is 15.0 Å². The van der Waals surface area contributed by atoms with Crippen molar-refractivity contribution < 1.29 is 23.9 Å². The minimum absolute atomic E-state index is 0.0471. The SMILES string of the molecule is Cc1ccc2c(c1)N(CCC(=O)NCCN1C(=O)CSC1=O)C(=O)CO2. The molecule has 1 aromatic carbocycles. The maximum absolute atomic E-state index is 12.1. The molecule has 4 amide bonds. The molecule has 0 aliphatic carbocycles. The first-order chi connectivity index (χ1) is 12.5. The molecule has 2 heterocycles. The number of hydrogen-bond donors (Lipinski definition) is 1. The van der Waals surface area contributed by atoms with Gasteiger partial charge in [0.25, 0.3) is 11.1 Å². The Hall–Kier alpha value is -2.55. The molecule has 138 valence electrons. The van der Waals surface area contributed by atoms with Crippen molar-refractivity contribution in [2.24, 2.45) is 0 Å². The van der Waals surface area contributed by atoms with Crippen LogP contribution in [0, 0.1) is 6.92 Å². The first-order valence-electron chi connectivity index (χ1n) is 8.23. The van der Waals surface area contributed by atoms with Crippen LogP contribution >= 0.6 is 11.8 Å². The number of aryl methyl sites for hydroxylation is 1. The topological polar surface area (TPSA) is 96.0 Å². The van der Waals surface area contributed by atoms with Crippen LogP contribution in [0.2, 0.25) is 0 Å². The molecule has 8 nitrogen and oxygen atoms in total. The Bertz CT molecular complexity index is 751. The lowest BCUT2D eigenvalue weighted by atomic mass is 10.1. The van der Waals surface area contributed by atoms with Crippen LogP contribution in [0.25, 0.3) is 0 Å². The third-order valence-corrected chi connectivity index (χ3v) is 4.98. The number of nitrogens with one attached hydrogen (secondary N) is 1. The quantitative estimate of drug-likeness (QED) is 0.792. The van der Waals surface area contributed by atoms with Gasteiger partial charge in [-0.1, -0.05) is 17.8 Å². The second-order valence-electron chi connectivity index (χ2n) is 6.01. The van der Waals surface area contributed by atoms with Gasteiger partial charge in [0, 0.05) is 26.1 Å². The Morgan fingerprint density at radius 2 is 2.00 bits per heavy atom. The summed E-state index contributed by atoms with van der Waals surface area (Å²) in [6.07, 6.45) is 0.121. The first-order valence-corrected chi connectivity index (χ1v) is 9.22. The van der Waals surface area contributed by atoms with Crippen molar-refractivity contribution in [1.29, 1.82) is 0 Å². The van der Waals surface area contributed by atoms with E-state index in [1.807, 2.05) is 25.1 Å². The Kier molecular flexibility index (Phi) is 5.46. The zero-order valence-electron chi connectivity index (χ0n) is 14.3. The summed E-state index contributed by atoms with van der Waals surface area (Å²) in [6.45, 7) is 2.47. The molecule has 9 heteroatoms. The van der Waals surface area contributed by atoms with Crippen LogP contribution in [0.4, 0.5) is 10.5 Å². The van der Waals surface area contributed by atoms with E-state index in [2.05, 4.69) is 5.32 Å². The van der Waals surface area contributed by atoms with Gasteiger partial charge in [-0.05, 0) is 24.6 Å². The molecule has 26 heavy (non-hydrogen) atoms. The van der Waals surface area contributed by atoms with E-state index in [1.54, 1.807) is 4.90 Å². The predicted molar refractivity (Wildman–Crippen MR) is 96.2 cm³/mol. The fourth-order valence-corrected chi connectivity index (χ4v) is 3.52. The summed E-state index contributed by atoms with van der Waals surface area (Å²) in [6, 6.07) is 5.57. The van der Waals surface area contributed by atoms with Crippen molar-refractivity contribution in [1.82, 2.24) is 10.2 Å². The average Bonchev–Trinajstić information content (AvgIpc) is 2.93. The highest BCUT2D eigenvalue weighted by atomic mass is 32.2. The largest absolute Gasteiger partial charge is 0.482 e. The molecule has 1 aromatic rings. The number of thioether (sulfide) groups is 1. The summed E-state index contributed by atoms with van der Waals surface area (Å²) >= 11 is 0.965. The van der Waals surface area contributed by atoms with Gasteiger partial charge >= 0.3 is 0 Å². The molecule has 0 unspecified atom stereocenters. The lowest BCUT2D eigenvalue weighted by Crippen LogP contribution is -2.42.